The van der Waals surface area contributed by atoms with Gasteiger partial charge < -0.3 is 14.8 Å². The normalized spacial score (nSPS) is 10.9. The molecule has 0 fully saturated rings. The van der Waals surface area contributed by atoms with E-state index in [0.717, 1.165) is 12.8 Å². The maximum atomic E-state index is 11.7. The number of alkyl carbamates (subject to hydrolysis) is 1. The quantitative estimate of drug-likeness (QED) is 0.156. The fraction of sp³-hybridized carbons (Fsp3) is 0.920. The first-order valence-corrected chi connectivity index (χ1v) is 12.6. The predicted molar refractivity (Wildman–Crippen MR) is 125 cm³/mol. The van der Waals surface area contributed by atoms with Crippen molar-refractivity contribution in [3.63, 3.8) is 0 Å². The molecule has 5 heteroatoms. The van der Waals surface area contributed by atoms with Crippen molar-refractivity contribution in [3.8, 4) is 0 Å². The Bertz CT molecular complexity index is 399. The number of unbranched alkanes of at least 4 members (excludes halogenated alkanes) is 13. The summed E-state index contributed by atoms with van der Waals surface area (Å²) >= 11 is 0. The van der Waals surface area contributed by atoms with Gasteiger partial charge in [-0.1, -0.05) is 104 Å². The fourth-order valence-electron chi connectivity index (χ4n) is 3.27. The van der Waals surface area contributed by atoms with Gasteiger partial charge in [-0.15, -0.1) is 0 Å². The number of rotatable bonds is 21. The van der Waals surface area contributed by atoms with E-state index in [0.29, 0.717) is 38.5 Å². The first kappa shape index (κ1) is 28.7. The second-order valence-corrected chi connectivity index (χ2v) is 8.84. The second-order valence-electron chi connectivity index (χ2n) is 8.84. The van der Waals surface area contributed by atoms with Crippen molar-refractivity contribution in [2.24, 2.45) is 5.92 Å². The molecule has 0 bridgehead atoms. The number of ether oxygens (including phenoxy) is 2. The van der Waals surface area contributed by atoms with Crippen molar-refractivity contribution >= 4 is 12.1 Å². The minimum Gasteiger partial charge on any atom is -0.466 e. The van der Waals surface area contributed by atoms with Crippen LogP contribution in [0.3, 0.4) is 0 Å². The third-order valence-corrected chi connectivity index (χ3v) is 5.14. The Labute approximate surface area is 186 Å². The molecule has 0 heterocycles. The zero-order valence-electron chi connectivity index (χ0n) is 20.1. The summed E-state index contributed by atoms with van der Waals surface area (Å²) < 4.78 is 10.3. The third kappa shape index (κ3) is 23.0. The highest BCUT2D eigenvalue weighted by Gasteiger charge is 2.05. The number of amides is 1. The van der Waals surface area contributed by atoms with E-state index in [1.165, 1.54) is 77.0 Å². The molecule has 0 rings (SSSR count). The maximum absolute atomic E-state index is 11.7. The molecule has 0 unspecified atom stereocenters. The molecule has 0 aliphatic heterocycles. The van der Waals surface area contributed by atoms with E-state index in [9.17, 15) is 9.59 Å². The van der Waals surface area contributed by atoms with Crippen molar-refractivity contribution in [1.29, 1.82) is 0 Å². The highest BCUT2D eigenvalue weighted by atomic mass is 16.5. The molecule has 0 saturated heterocycles. The monoisotopic (exact) mass is 427 g/mol. The molecule has 0 aromatic rings. The molecule has 0 saturated carbocycles. The largest absolute Gasteiger partial charge is 0.466 e. The Morgan fingerprint density at radius 2 is 1.20 bits per heavy atom. The summed E-state index contributed by atoms with van der Waals surface area (Å²) in [6.45, 7) is 7.60. The fourth-order valence-corrected chi connectivity index (χ4v) is 3.27. The summed E-state index contributed by atoms with van der Waals surface area (Å²) in [6.07, 6.45) is 19.0. The molecule has 5 nitrogen and oxygen atoms in total. The van der Waals surface area contributed by atoms with Crippen LogP contribution in [0.15, 0.2) is 0 Å². The number of carbonyl (C=O) groups is 2. The zero-order valence-corrected chi connectivity index (χ0v) is 20.1. The lowest BCUT2D eigenvalue weighted by Gasteiger charge is -2.08. The molecular weight excluding hydrogens is 378 g/mol. The number of nitrogens with one attached hydrogen (secondary N) is 1. The van der Waals surface area contributed by atoms with Crippen molar-refractivity contribution < 1.29 is 19.1 Å². The summed E-state index contributed by atoms with van der Waals surface area (Å²) in [5, 5.41) is 2.65. The maximum Gasteiger partial charge on any atom is 0.407 e. The van der Waals surface area contributed by atoms with Gasteiger partial charge in [0, 0.05) is 13.0 Å². The van der Waals surface area contributed by atoms with E-state index >= 15 is 0 Å². The minimum atomic E-state index is -0.417. The van der Waals surface area contributed by atoms with Gasteiger partial charge in [-0.2, -0.15) is 0 Å². The highest BCUT2D eigenvalue weighted by Crippen LogP contribution is 2.13. The lowest BCUT2D eigenvalue weighted by molar-refractivity contribution is -0.143. The standard InChI is InChI=1S/C25H49NO4/c1-4-5-6-7-8-9-10-11-12-13-14-15-16-17-21-29-24(27)19-18-20-26-25(28)30-22-23(2)3/h23H,4-22H2,1-3H3,(H,26,28). The second kappa shape index (κ2) is 22.4. The van der Waals surface area contributed by atoms with Crippen LogP contribution >= 0.6 is 0 Å². The van der Waals surface area contributed by atoms with Crippen LogP contribution in [0.2, 0.25) is 0 Å². The molecule has 0 spiro atoms. The molecule has 1 amide bonds. The Hall–Kier alpha value is -1.26. The van der Waals surface area contributed by atoms with Gasteiger partial charge in [0.15, 0.2) is 0 Å². The molecule has 0 aliphatic carbocycles. The van der Waals surface area contributed by atoms with Gasteiger partial charge in [0.1, 0.15) is 0 Å². The van der Waals surface area contributed by atoms with Crippen molar-refractivity contribution in [2.75, 3.05) is 19.8 Å². The summed E-state index contributed by atoms with van der Waals surface area (Å²) in [7, 11) is 0. The minimum absolute atomic E-state index is 0.179. The smallest absolute Gasteiger partial charge is 0.407 e. The zero-order chi connectivity index (χ0) is 22.3. The van der Waals surface area contributed by atoms with Crippen LogP contribution in [0.25, 0.3) is 0 Å². The van der Waals surface area contributed by atoms with Gasteiger partial charge >= 0.3 is 12.1 Å². The van der Waals surface area contributed by atoms with Crippen LogP contribution in [0.4, 0.5) is 4.79 Å². The molecule has 0 aliphatic rings. The third-order valence-electron chi connectivity index (χ3n) is 5.14. The van der Waals surface area contributed by atoms with E-state index in [-0.39, 0.29) is 5.97 Å². The molecular formula is C25H49NO4. The summed E-state index contributed by atoms with van der Waals surface area (Å²) in [5.41, 5.74) is 0. The van der Waals surface area contributed by atoms with Crippen molar-refractivity contribution in [3.05, 3.63) is 0 Å². The lowest BCUT2D eigenvalue weighted by atomic mass is 10.0. The Balaban J connectivity index is 3.24. The predicted octanol–water partition coefficient (Wildman–Crippen LogP) is 7.17. The molecule has 0 radical (unpaired) electrons. The summed E-state index contributed by atoms with van der Waals surface area (Å²) in [5.74, 6) is 0.141. The van der Waals surface area contributed by atoms with Gasteiger partial charge in [-0.3, -0.25) is 4.79 Å². The van der Waals surface area contributed by atoms with Crippen molar-refractivity contribution in [2.45, 2.75) is 124 Å². The summed E-state index contributed by atoms with van der Waals surface area (Å²) in [4.78, 5) is 23.0. The average molecular weight is 428 g/mol. The van der Waals surface area contributed by atoms with Gasteiger partial charge in [0.25, 0.3) is 0 Å². The highest BCUT2D eigenvalue weighted by molar-refractivity contribution is 5.69. The molecule has 0 aromatic heterocycles. The van der Waals surface area contributed by atoms with Crippen LogP contribution in [0.1, 0.15) is 124 Å². The molecule has 178 valence electrons. The molecule has 1 N–H and O–H groups in total. The molecule has 0 aromatic carbocycles. The summed E-state index contributed by atoms with van der Waals surface area (Å²) in [6, 6.07) is 0. The topological polar surface area (TPSA) is 64.6 Å². The number of hydrogen-bond acceptors (Lipinski definition) is 4. The van der Waals surface area contributed by atoms with Crippen LogP contribution < -0.4 is 5.32 Å². The molecule has 30 heavy (non-hydrogen) atoms. The van der Waals surface area contributed by atoms with Crippen LogP contribution in [0, 0.1) is 5.92 Å². The van der Waals surface area contributed by atoms with Crippen LogP contribution in [-0.2, 0) is 14.3 Å². The van der Waals surface area contributed by atoms with Gasteiger partial charge in [0.05, 0.1) is 13.2 Å². The van der Waals surface area contributed by atoms with E-state index in [2.05, 4.69) is 12.2 Å². The Morgan fingerprint density at radius 3 is 1.70 bits per heavy atom. The SMILES string of the molecule is CCCCCCCCCCCCCCCCOC(=O)CCCNC(=O)OCC(C)C. The number of hydrogen-bond donors (Lipinski definition) is 1. The van der Waals surface area contributed by atoms with Gasteiger partial charge in [-0.25, -0.2) is 4.79 Å². The Kier molecular flexibility index (Phi) is 21.5. The van der Waals surface area contributed by atoms with Crippen molar-refractivity contribution in [1.82, 2.24) is 5.32 Å². The first-order valence-electron chi connectivity index (χ1n) is 12.6. The molecule has 0 atom stereocenters. The lowest BCUT2D eigenvalue weighted by Crippen LogP contribution is -2.27. The number of carbonyl (C=O) groups excluding carboxylic acids is 2. The number of esters is 1. The van der Waals surface area contributed by atoms with Gasteiger partial charge in [0.2, 0.25) is 0 Å². The van der Waals surface area contributed by atoms with E-state index in [4.69, 9.17) is 9.47 Å². The van der Waals surface area contributed by atoms with Crippen LogP contribution in [0.5, 0.6) is 0 Å². The van der Waals surface area contributed by atoms with E-state index in [1.54, 1.807) is 0 Å². The van der Waals surface area contributed by atoms with Crippen LogP contribution in [-0.4, -0.2) is 31.8 Å². The van der Waals surface area contributed by atoms with Gasteiger partial charge in [-0.05, 0) is 18.8 Å². The first-order chi connectivity index (χ1) is 14.6. The average Bonchev–Trinajstić information content (AvgIpc) is 2.72. The Morgan fingerprint density at radius 1 is 0.700 bits per heavy atom. The van der Waals surface area contributed by atoms with E-state index in [1.807, 2.05) is 13.8 Å². The van der Waals surface area contributed by atoms with E-state index < -0.39 is 6.09 Å².